The monoisotopic (exact) mass is 835 g/mol. The van der Waals surface area contributed by atoms with Crippen molar-refractivity contribution < 1.29 is 23.3 Å². The maximum atomic E-state index is 14.1. The summed E-state index contributed by atoms with van der Waals surface area (Å²) in [6.07, 6.45) is 8.39. The van der Waals surface area contributed by atoms with Gasteiger partial charge in [-0.05, 0) is 144 Å². The molecule has 58 heavy (non-hydrogen) atoms. The summed E-state index contributed by atoms with van der Waals surface area (Å²) in [5.41, 5.74) is 3.35. The molecule has 2 aromatic carbocycles. The van der Waals surface area contributed by atoms with Crippen LogP contribution in [0, 0.1) is 23.7 Å². The molecule has 8 rings (SSSR count). The topological polar surface area (TPSA) is 94.7 Å². The number of rotatable bonds is 2. The summed E-state index contributed by atoms with van der Waals surface area (Å²) < 4.78 is 29.5. The fourth-order valence-electron chi connectivity index (χ4n) is 11.1. The number of anilines is 1. The molecule has 12 heteroatoms. The molecular formula is C46H66ClN5O5S. The standard InChI is InChI=1S/C46H66ClN5O5S/c1-31-9-7-10-35(25-49-19-20-50-21-22-51(28-38(50)27-49)44(54)57-45(3,4)5)39-15-12-36(39)26-52-29-46(18-8-11-33-23-37(47)14-16-40(33)46)30-56-42-17-13-34(24-41(42)52)43(53)48-58(6,55)32(31)2/h13-14,16-17,23-24,31-32,35-36,38-39H,6-12,15,18-22,25-30H2,1-5H3,(H,48,53,55)/t31-,32+,35-,36-,38+,39-,46-,58?/m0/s1. The highest BCUT2D eigenvalue weighted by Gasteiger charge is 2.45. The van der Waals surface area contributed by atoms with Gasteiger partial charge in [0.25, 0.3) is 5.91 Å². The second kappa shape index (κ2) is 16.5. The normalized spacial score (nSPS) is 33.7. The minimum absolute atomic E-state index is 0.140. The van der Waals surface area contributed by atoms with E-state index in [4.69, 9.17) is 21.1 Å². The van der Waals surface area contributed by atoms with Gasteiger partial charge in [0.2, 0.25) is 0 Å². The third kappa shape index (κ3) is 8.75. The Labute approximate surface area is 352 Å². The molecule has 1 unspecified atom stereocenters. The lowest BCUT2D eigenvalue weighted by molar-refractivity contribution is -0.0225. The van der Waals surface area contributed by atoms with Gasteiger partial charge in [-0.3, -0.25) is 14.4 Å². The van der Waals surface area contributed by atoms with Gasteiger partial charge in [-0.2, -0.15) is 0 Å². The Morgan fingerprint density at radius 1 is 1.02 bits per heavy atom. The average Bonchev–Trinajstić information content (AvgIpc) is 3.31. The first-order chi connectivity index (χ1) is 27.6. The molecule has 318 valence electrons. The van der Waals surface area contributed by atoms with Crippen LogP contribution in [0.2, 0.25) is 5.02 Å². The molecular weight excluding hydrogens is 770 g/mol. The van der Waals surface area contributed by atoms with Crippen molar-refractivity contribution in [1.82, 2.24) is 19.4 Å². The maximum absolute atomic E-state index is 14.1. The molecule has 2 bridgehead atoms. The number of hydrogen-bond acceptors (Lipinski definition) is 8. The first kappa shape index (κ1) is 41.7. The molecule has 2 saturated heterocycles. The fraction of sp³-hybridized carbons (Fsp3) is 0.674. The van der Waals surface area contributed by atoms with Crippen LogP contribution >= 0.6 is 11.6 Å². The predicted octanol–water partition coefficient (Wildman–Crippen LogP) is 7.26. The van der Waals surface area contributed by atoms with E-state index in [1.165, 1.54) is 24.0 Å². The summed E-state index contributed by atoms with van der Waals surface area (Å²) in [5, 5.41) is 0.501. The Balaban J connectivity index is 1.08. The summed E-state index contributed by atoms with van der Waals surface area (Å²) in [7, 11) is -2.92. The molecule has 2 aromatic rings. The van der Waals surface area contributed by atoms with E-state index in [-0.39, 0.29) is 28.6 Å². The van der Waals surface area contributed by atoms with Crippen molar-refractivity contribution >= 4 is 44.9 Å². The van der Waals surface area contributed by atoms with Gasteiger partial charge in [-0.1, -0.05) is 31.0 Å². The molecule has 3 fully saturated rings. The molecule has 6 aliphatic rings. The molecule has 4 heterocycles. The van der Waals surface area contributed by atoms with Gasteiger partial charge in [0.15, 0.2) is 0 Å². The van der Waals surface area contributed by atoms with E-state index in [1.54, 1.807) is 0 Å². The zero-order valence-corrected chi connectivity index (χ0v) is 37.1. The Morgan fingerprint density at radius 2 is 1.83 bits per heavy atom. The van der Waals surface area contributed by atoms with Gasteiger partial charge in [-0.15, -0.1) is 0 Å². The molecule has 2 amide bonds. The Kier molecular flexibility index (Phi) is 11.8. The third-order valence-electron chi connectivity index (χ3n) is 14.7. The van der Waals surface area contributed by atoms with E-state index in [9.17, 15) is 13.8 Å². The SMILES string of the molecule is C=S1(=O)NC(=O)c2ccc3c(c2)N(C[C@@H]2CC[C@H]2[C@H](CN2CCN4CCN(C(=O)OC(C)(C)C)C[C@H]4C2)CCC[C@H](C)[C@H]1C)C[C@@]1(CCCc2cc(Cl)ccc21)CO3. The van der Waals surface area contributed by atoms with E-state index in [0.29, 0.717) is 49.1 Å². The molecule has 0 aromatic heterocycles. The zero-order chi connectivity index (χ0) is 41.0. The van der Waals surface area contributed by atoms with Gasteiger partial charge in [-0.25, -0.2) is 9.00 Å². The lowest BCUT2D eigenvalue weighted by Gasteiger charge is -2.50. The largest absolute Gasteiger partial charge is 0.490 e. The van der Waals surface area contributed by atoms with E-state index < -0.39 is 15.3 Å². The van der Waals surface area contributed by atoms with Crippen LogP contribution in [0.3, 0.4) is 0 Å². The number of carbonyl (C=O) groups is 2. The summed E-state index contributed by atoms with van der Waals surface area (Å²) in [5.74, 6) is 6.32. The molecule has 10 nitrogen and oxygen atoms in total. The van der Waals surface area contributed by atoms with Crippen LogP contribution in [-0.4, -0.2) is 119 Å². The molecule has 0 radical (unpaired) electrons. The smallest absolute Gasteiger partial charge is 0.410 e. The Bertz CT molecular complexity index is 1970. The summed E-state index contributed by atoms with van der Waals surface area (Å²) in [6.45, 7) is 18.6. The highest BCUT2D eigenvalue weighted by Crippen LogP contribution is 2.48. The maximum Gasteiger partial charge on any atom is 0.410 e. The second-order valence-corrected chi connectivity index (χ2v) is 22.5. The summed E-state index contributed by atoms with van der Waals surface area (Å²) in [4.78, 5) is 36.7. The van der Waals surface area contributed by atoms with Crippen LogP contribution < -0.4 is 14.4 Å². The van der Waals surface area contributed by atoms with E-state index in [1.807, 2.05) is 56.9 Å². The lowest BCUT2D eigenvalue weighted by Crippen LogP contribution is -2.63. The first-order valence-electron chi connectivity index (χ1n) is 22.0. The minimum atomic E-state index is -2.92. The van der Waals surface area contributed by atoms with Crippen molar-refractivity contribution in [1.29, 1.82) is 0 Å². The highest BCUT2D eigenvalue weighted by atomic mass is 35.5. The van der Waals surface area contributed by atoms with Crippen molar-refractivity contribution in [2.24, 2.45) is 23.7 Å². The molecule has 8 atom stereocenters. The van der Waals surface area contributed by atoms with Gasteiger partial charge in [0, 0.05) is 86.2 Å². The average molecular weight is 837 g/mol. The van der Waals surface area contributed by atoms with Crippen LogP contribution in [0.25, 0.3) is 0 Å². The molecule has 1 saturated carbocycles. The number of hydrogen-bond donors (Lipinski definition) is 1. The van der Waals surface area contributed by atoms with Crippen molar-refractivity contribution in [3.63, 3.8) is 0 Å². The van der Waals surface area contributed by atoms with Crippen molar-refractivity contribution in [2.45, 2.75) is 108 Å². The number of aryl methyl sites for hydroxylation is 1. The first-order valence-corrected chi connectivity index (χ1v) is 24.2. The van der Waals surface area contributed by atoms with Gasteiger partial charge in [0.1, 0.15) is 11.4 Å². The summed E-state index contributed by atoms with van der Waals surface area (Å²) in [6, 6.07) is 12.4. The number of halogens is 1. The number of nitrogens with one attached hydrogen (secondary N) is 1. The zero-order valence-electron chi connectivity index (χ0n) is 35.5. The van der Waals surface area contributed by atoms with Crippen LogP contribution in [0.5, 0.6) is 5.75 Å². The molecule has 4 aliphatic heterocycles. The van der Waals surface area contributed by atoms with Crippen molar-refractivity contribution in [2.75, 3.05) is 70.4 Å². The number of amides is 2. The lowest BCUT2D eigenvalue weighted by atomic mass is 9.65. The van der Waals surface area contributed by atoms with Crippen LogP contribution in [-0.2, 0) is 26.3 Å². The van der Waals surface area contributed by atoms with Crippen LogP contribution in [0.4, 0.5) is 10.5 Å². The minimum Gasteiger partial charge on any atom is -0.490 e. The Hall–Kier alpha value is -2.99. The highest BCUT2D eigenvalue weighted by molar-refractivity contribution is 7.99. The number of ether oxygens (including phenoxy) is 2. The van der Waals surface area contributed by atoms with E-state index >= 15 is 0 Å². The van der Waals surface area contributed by atoms with E-state index in [2.05, 4.69) is 44.3 Å². The van der Waals surface area contributed by atoms with Gasteiger partial charge < -0.3 is 24.2 Å². The van der Waals surface area contributed by atoms with Crippen LogP contribution in [0.1, 0.15) is 101 Å². The molecule has 1 N–H and O–H groups in total. The van der Waals surface area contributed by atoms with Crippen LogP contribution in [0.15, 0.2) is 36.4 Å². The third-order valence-corrected chi connectivity index (χ3v) is 17.1. The molecule has 1 spiro atoms. The number of benzene rings is 2. The summed E-state index contributed by atoms with van der Waals surface area (Å²) >= 11 is 6.54. The van der Waals surface area contributed by atoms with Gasteiger partial charge >= 0.3 is 6.09 Å². The van der Waals surface area contributed by atoms with Crippen molar-refractivity contribution in [3.8, 4) is 5.75 Å². The van der Waals surface area contributed by atoms with E-state index in [0.717, 1.165) is 101 Å². The molecule has 2 aliphatic carbocycles. The second-order valence-electron chi connectivity index (χ2n) is 19.7. The number of fused-ring (bicyclic) bond motifs is 5. The number of piperazine rings is 2. The van der Waals surface area contributed by atoms with Crippen molar-refractivity contribution in [3.05, 3.63) is 58.1 Å². The number of carbonyl (C=O) groups excluding carboxylic acids is 2. The quantitative estimate of drug-likeness (QED) is 0.316. The number of nitrogens with zero attached hydrogens (tertiary/aromatic N) is 4. The van der Waals surface area contributed by atoms with Gasteiger partial charge in [0.05, 0.1) is 22.0 Å². The Morgan fingerprint density at radius 3 is 2.60 bits per heavy atom. The predicted molar refractivity (Wildman–Crippen MR) is 235 cm³/mol. The fourth-order valence-corrected chi connectivity index (χ4v) is 12.8.